The van der Waals surface area contributed by atoms with E-state index in [9.17, 15) is 0 Å². The van der Waals surface area contributed by atoms with E-state index in [1.54, 1.807) is 0 Å². The molecule has 2 saturated heterocycles. The third kappa shape index (κ3) is 4.26. The summed E-state index contributed by atoms with van der Waals surface area (Å²) in [7, 11) is 0. The third-order valence-electron chi connectivity index (χ3n) is 5.39. The van der Waals surface area contributed by atoms with Gasteiger partial charge in [0.15, 0.2) is 0 Å². The number of rotatable bonds is 4. The van der Waals surface area contributed by atoms with Crippen LogP contribution in [0, 0.1) is 0 Å². The fourth-order valence-electron chi connectivity index (χ4n) is 3.90. The van der Waals surface area contributed by atoms with Gasteiger partial charge in [0.2, 0.25) is 5.95 Å². The molecule has 3 heterocycles. The van der Waals surface area contributed by atoms with E-state index in [0.29, 0.717) is 0 Å². The largest absolute Gasteiger partial charge is 0.372 e. The summed E-state index contributed by atoms with van der Waals surface area (Å²) in [6.45, 7) is 4.48. The molecule has 2 aromatic rings. The molecule has 26 heavy (non-hydrogen) atoms. The maximum absolute atomic E-state index is 4.74. The van der Waals surface area contributed by atoms with Gasteiger partial charge in [-0.1, -0.05) is 12.8 Å². The molecule has 1 N–H and O–H groups in total. The number of nitrogens with zero attached hydrogens (tertiary/aromatic N) is 4. The first kappa shape index (κ1) is 17.1. The maximum atomic E-state index is 4.74. The van der Waals surface area contributed by atoms with Gasteiger partial charge in [0.25, 0.3) is 0 Å². The van der Waals surface area contributed by atoms with Crippen LogP contribution in [0.5, 0.6) is 0 Å². The van der Waals surface area contributed by atoms with Gasteiger partial charge in [-0.25, -0.2) is 4.98 Å². The van der Waals surface area contributed by atoms with E-state index in [-0.39, 0.29) is 0 Å². The second-order valence-corrected chi connectivity index (χ2v) is 7.36. The van der Waals surface area contributed by atoms with Crippen molar-refractivity contribution >= 4 is 23.1 Å². The van der Waals surface area contributed by atoms with Crippen molar-refractivity contribution in [2.45, 2.75) is 44.9 Å². The highest BCUT2D eigenvalue weighted by Crippen LogP contribution is 2.24. The zero-order chi connectivity index (χ0) is 17.6. The first-order chi connectivity index (χ1) is 12.9. The molecule has 4 rings (SSSR count). The highest BCUT2D eigenvalue weighted by molar-refractivity contribution is 5.61. The van der Waals surface area contributed by atoms with Crippen LogP contribution in [-0.4, -0.2) is 36.1 Å². The smallest absolute Gasteiger partial charge is 0.227 e. The van der Waals surface area contributed by atoms with Crippen LogP contribution >= 0.6 is 0 Å². The predicted octanol–water partition coefficient (Wildman–Crippen LogP) is 4.59. The quantitative estimate of drug-likeness (QED) is 0.873. The van der Waals surface area contributed by atoms with Crippen molar-refractivity contribution in [3.8, 4) is 0 Å². The molecule has 138 valence electrons. The summed E-state index contributed by atoms with van der Waals surface area (Å²) in [6, 6.07) is 10.7. The SMILES string of the molecule is c1cc(Nc2ccc(N3CCCCC3)cc2)nc(N2CCCCCC2)n1. The minimum Gasteiger partial charge on any atom is -0.372 e. The van der Waals surface area contributed by atoms with E-state index in [4.69, 9.17) is 4.98 Å². The Morgan fingerprint density at radius 3 is 2.00 bits per heavy atom. The van der Waals surface area contributed by atoms with Crippen LogP contribution in [0.1, 0.15) is 44.9 Å². The summed E-state index contributed by atoms with van der Waals surface area (Å²) in [5, 5.41) is 3.43. The molecule has 1 aromatic carbocycles. The monoisotopic (exact) mass is 351 g/mol. The van der Waals surface area contributed by atoms with Gasteiger partial charge in [0.05, 0.1) is 0 Å². The second kappa shape index (κ2) is 8.39. The van der Waals surface area contributed by atoms with Crippen LogP contribution in [-0.2, 0) is 0 Å². The lowest BCUT2D eigenvalue weighted by Crippen LogP contribution is -2.29. The summed E-state index contributed by atoms with van der Waals surface area (Å²) in [5.41, 5.74) is 2.40. The Kier molecular flexibility index (Phi) is 5.53. The molecule has 1 aromatic heterocycles. The highest BCUT2D eigenvalue weighted by Gasteiger charge is 2.13. The molecule has 0 aliphatic carbocycles. The van der Waals surface area contributed by atoms with Gasteiger partial charge in [-0.2, -0.15) is 4.98 Å². The number of benzene rings is 1. The molecule has 5 nitrogen and oxygen atoms in total. The van der Waals surface area contributed by atoms with Crippen LogP contribution in [0.3, 0.4) is 0 Å². The van der Waals surface area contributed by atoms with E-state index in [1.807, 2.05) is 12.3 Å². The molecule has 0 spiro atoms. The first-order valence-corrected chi connectivity index (χ1v) is 10.1. The van der Waals surface area contributed by atoms with E-state index in [2.05, 4.69) is 44.4 Å². The standard InChI is InChI=1S/C21H29N5/c1-2-5-17-26(16-4-1)21-22-13-12-20(24-21)23-18-8-10-19(11-9-18)25-14-6-3-7-15-25/h8-13H,1-7,14-17H2,(H,22,23,24). The van der Waals surface area contributed by atoms with Crippen molar-refractivity contribution in [2.75, 3.05) is 41.3 Å². The van der Waals surface area contributed by atoms with Crippen LogP contribution in [0.2, 0.25) is 0 Å². The molecule has 0 unspecified atom stereocenters. The van der Waals surface area contributed by atoms with E-state index in [1.165, 1.54) is 63.7 Å². The Bertz CT molecular complexity index is 686. The van der Waals surface area contributed by atoms with Gasteiger partial charge in [0, 0.05) is 43.8 Å². The van der Waals surface area contributed by atoms with Crippen molar-refractivity contribution in [2.24, 2.45) is 0 Å². The summed E-state index contributed by atoms with van der Waals surface area (Å²) < 4.78 is 0. The summed E-state index contributed by atoms with van der Waals surface area (Å²) in [6.07, 6.45) is 10.9. The van der Waals surface area contributed by atoms with E-state index >= 15 is 0 Å². The number of aromatic nitrogens is 2. The van der Waals surface area contributed by atoms with Gasteiger partial charge in [0.1, 0.15) is 5.82 Å². The predicted molar refractivity (Wildman–Crippen MR) is 109 cm³/mol. The molecule has 2 aliphatic rings. The maximum Gasteiger partial charge on any atom is 0.227 e. The average Bonchev–Trinajstić information content (AvgIpc) is 2.99. The number of hydrogen-bond acceptors (Lipinski definition) is 5. The minimum absolute atomic E-state index is 0.849. The first-order valence-electron chi connectivity index (χ1n) is 10.1. The zero-order valence-corrected chi connectivity index (χ0v) is 15.5. The lowest BCUT2D eigenvalue weighted by Gasteiger charge is -2.28. The van der Waals surface area contributed by atoms with Crippen LogP contribution in [0.15, 0.2) is 36.5 Å². The Morgan fingerprint density at radius 1 is 0.692 bits per heavy atom. The molecule has 5 heteroatoms. The Balaban J connectivity index is 1.42. The fourth-order valence-corrected chi connectivity index (χ4v) is 3.90. The number of hydrogen-bond donors (Lipinski definition) is 1. The van der Waals surface area contributed by atoms with Gasteiger partial charge in [-0.15, -0.1) is 0 Å². The zero-order valence-electron chi connectivity index (χ0n) is 15.5. The Labute approximate surface area is 156 Å². The molecule has 0 amide bonds. The molecule has 0 bridgehead atoms. The number of piperidine rings is 1. The molecule has 2 fully saturated rings. The van der Waals surface area contributed by atoms with Crippen molar-refractivity contribution in [3.05, 3.63) is 36.5 Å². The number of anilines is 4. The molecule has 0 radical (unpaired) electrons. The minimum atomic E-state index is 0.849. The van der Waals surface area contributed by atoms with Gasteiger partial charge >= 0.3 is 0 Å². The van der Waals surface area contributed by atoms with Crippen molar-refractivity contribution in [1.29, 1.82) is 0 Å². The molecular weight excluding hydrogens is 322 g/mol. The van der Waals surface area contributed by atoms with Gasteiger partial charge in [-0.05, 0) is 62.4 Å². The van der Waals surface area contributed by atoms with Crippen molar-refractivity contribution in [3.63, 3.8) is 0 Å². The van der Waals surface area contributed by atoms with E-state index in [0.717, 1.165) is 30.5 Å². The number of nitrogens with one attached hydrogen (secondary N) is 1. The Hall–Kier alpha value is -2.30. The Morgan fingerprint density at radius 2 is 1.31 bits per heavy atom. The summed E-state index contributed by atoms with van der Waals surface area (Å²) in [5.74, 6) is 1.71. The highest BCUT2D eigenvalue weighted by atomic mass is 15.3. The summed E-state index contributed by atoms with van der Waals surface area (Å²) >= 11 is 0. The van der Waals surface area contributed by atoms with Crippen LogP contribution in [0.25, 0.3) is 0 Å². The molecule has 2 aliphatic heterocycles. The fraction of sp³-hybridized carbons (Fsp3) is 0.524. The van der Waals surface area contributed by atoms with Gasteiger partial charge in [-0.3, -0.25) is 0 Å². The topological polar surface area (TPSA) is 44.3 Å². The molecule has 0 atom stereocenters. The normalized spacial score (nSPS) is 18.5. The lowest BCUT2D eigenvalue weighted by atomic mass is 10.1. The lowest BCUT2D eigenvalue weighted by molar-refractivity contribution is 0.578. The van der Waals surface area contributed by atoms with Crippen molar-refractivity contribution < 1.29 is 0 Å². The second-order valence-electron chi connectivity index (χ2n) is 7.36. The average molecular weight is 351 g/mol. The van der Waals surface area contributed by atoms with Crippen LogP contribution < -0.4 is 15.1 Å². The third-order valence-corrected chi connectivity index (χ3v) is 5.39. The van der Waals surface area contributed by atoms with E-state index < -0.39 is 0 Å². The van der Waals surface area contributed by atoms with Crippen LogP contribution in [0.4, 0.5) is 23.1 Å². The van der Waals surface area contributed by atoms with Crippen molar-refractivity contribution in [1.82, 2.24) is 9.97 Å². The molecular formula is C21H29N5. The van der Waals surface area contributed by atoms with Gasteiger partial charge < -0.3 is 15.1 Å². The summed E-state index contributed by atoms with van der Waals surface area (Å²) in [4.78, 5) is 14.0. The molecule has 0 saturated carbocycles.